The van der Waals surface area contributed by atoms with Gasteiger partial charge in [0.2, 0.25) is 6.08 Å². The summed E-state index contributed by atoms with van der Waals surface area (Å²) in [6.45, 7) is 16.6. The molecule has 4 aliphatic rings. The molecule has 0 bridgehead atoms. The lowest BCUT2D eigenvalue weighted by Crippen LogP contribution is -2.56. The van der Waals surface area contributed by atoms with E-state index in [4.69, 9.17) is 4.74 Å². The number of isocyanates is 1. The molecule has 0 saturated heterocycles. The third-order valence-electron chi connectivity index (χ3n) is 11.7. The van der Waals surface area contributed by atoms with E-state index < -0.39 is 0 Å². The zero-order valence-electron chi connectivity index (χ0n) is 23.7. The standard InChI is InChI=1S/C32H53NO2/c1-23(2)9-7-10-24(3)27-11-12-28-31(27,5)18-15-29-30(4)17-14-26(35-20-8-19-33-22-34)21-25(30)13-16-32(28,29)6/h13,23-24,26-29H,7-12,14-21H2,1-6H3/t24-,26+,27?,28-,29-,30+,31-,32+/m1/s1. The minimum Gasteiger partial charge on any atom is -0.378 e. The molecule has 0 aliphatic heterocycles. The van der Waals surface area contributed by atoms with Gasteiger partial charge in [0.15, 0.2) is 0 Å². The highest BCUT2D eigenvalue weighted by Gasteiger charge is 2.63. The van der Waals surface area contributed by atoms with E-state index in [1.807, 2.05) is 0 Å². The molecule has 0 radical (unpaired) electrons. The first-order chi connectivity index (χ1) is 16.6. The van der Waals surface area contributed by atoms with Gasteiger partial charge in [-0.25, -0.2) is 9.79 Å². The van der Waals surface area contributed by atoms with Gasteiger partial charge < -0.3 is 4.74 Å². The van der Waals surface area contributed by atoms with Gasteiger partial charge in [0.25, 0.3) is 0 Å². The van der Waals surface area contributed by atoms with Gasteiger partial charge in [0, 0.05) is 6.61 Å². The maximum absolute atomic E-state index is 10.3. The molecule has 3 fully saturated rings. The summed E-state index contributed by atoms with van der Waals surface area (Å²) in [5.41, 5.74) is 3.05. The lowest BCUT2D eigenvalue weighted by molar-refractivity contribution is -0.117. The summed E-state index contributed by atoms with van der Waals surface area (Å²) in [5.74, 6) is 4.34. The molecule has 0 aromatic rings. The molecule has 0 amide bonds. The smallest absolute Gasteiger partial charge is 0.234 e. The number of ether oxygens (including phenoxy) is 1. The van der Waals surface area contributed by atoms with Crippen LogP contribution >= 0.6 is 0 Å². The topological polar surface area (TPSA) is 38.7 Å². The van der Waals surface area contributed by atoms with E-state index in [0.717, 1.165) is 42.4 Å². The Morgan fingerprint density at radius 1 is 1.00 bits per heavy atom. The number of hydrogen-bond donors (Lipinski definition) is 0. The minimum absolute atomic E-state index is 0.343. The van der Waals surface area contributed by atoms with Crippen molar-refractivity contribution in [3.05, 3.63) is 11.6 Å². The van der Waals surface area contributed by atoms with Gasteiger partial charge in [-0.15, -0.1) is 0 Å². The Morgan fingerprint density at radius 2 is 1.80 bits per heavy atom. The van der Waals surface area contributed by atoms with Crippen molar-refractivity contribution >= 4 is 6.08 Å². The summed E-state index contributed by atoms with van der Waals surface area (Å²) in [5, 5.41) is 0. The van der Waals surface area contributed by atoms with Crippen LogP contribution in [0.5, 0.6) is 0 Å². The van der Waals surface area contributed by atoms with Crippen molar-refractivity contribution in [2.45, 2.75) is 125 Å². The van der Waals surface area contributed by atoms with Crippen LogP contribution in [0.25, 0.3) is 0 Å². The molecular weight excluding hydrogens is 430 g/mol. The first kappa shape index (κ1) is 27.1. The van der Waals surface area contributed by atoms with E-state index >= 15 is 0 Å². The predicted molar refractivity (Wildman–Crippen MR) is 145 cm³/mol. The normalized spacial score (nSPS) is 41.4. The second-order valence-corrected chi connectivity index (χ2v) is 14.1. The van der Waals surface area contributed by atoms with Gasteiger partial charge in [-0.05, 0) is 104 Å². The average molecular weight is 484 g/mol. The van der Waals surface area contributed by atoms with Crippen LogP contribution in [-0.4, -0.2) is 25.3 Å². The molecule has 3 nitrogen and oxygen atoms in total. The molecule has 0 aromatic carbocycles. The summed E-state index contributed by atoms with van der Waals surface area (Å²) < 4.78 is 6.23. The molecule has 35 heavy (non-hydrogen) atoms. The van der Waals surface area contributed by atoms with Gasteiger partial charge in [0.1, 0.15) is 0 Å². The molecule has 198 valence electrons. The van der Waals surface area contributed by atoms with Crippen molar-refractivity contribution in [2.75, 3.05) is 13.2 Å². The molecular formula is C32H53NO2. The van der Waals surface area contributed by atoms with Gasteiger partial charge in [-0.2, -0.15) is 0 Å². The second-order valence-electron chi connectivity index (χ2n) is 14.1. The summed E-state index contributed by atoms with van der Waals surface area (Å²) in [4.78, 5) is 13.9. The lowest BCUT2D eigenvalue weighted by atomic mass is 9.41. The van der Waals surface area contributed by atoms with Crippen LogP contribution in [0.2, 0.25) is 0 Å². The number of fused-ring (bicyclic) bond motifs is 5. The second kappa shape index (κ2) is 10.8. The van der Waals surface area contributed by atoms with Crippen LogP contribution in [0.3, 0.4) is 0 Å². The number of nitrogens with zero attached hydrogens (tertiary/aromatic N) is 1. The summed E-state index contributed by atoms with van der Waals surface area (Å²) >= 11 is 0. The van der Waals surface area contributed by atoms with Crippen LogP contribution in [0.4, 0.5) is 0 Å². The Morgan fingerprint density at radius 3 is 2.54 bits per heavy atom. The molecule has 0 heterocycles. The molecule has 1 unspecified atom stereocenters. The quantitative estimate of drug-likeness (QED) is 0.135. The zero-order valence-corrected chi connectivity index (χ0v) is 23.7. The highest BCUT2D eigenvalue weighted by Crippen LogP contribution is 2.72. The zero-order chi connectivity index (χ0) is 25.3. The monoisotopic (exact) mass is 483 g/mol. The fourth-order valence-corrected chi connectivity index (χ4v) is 9.89. The number of aliphatic imine (C=N–C) groups is 1. The van der Waals surface area contributed by atoms with Gasteiger partial charge in [0.05, 0.1) is 12.6 Å². The maximum atomic E-state index is 10.3. The first-order valence-corrected chi connectivity index (χ1v) is 15.0. The van der Waals surface area contributed by atoms with Gasteiger partial charge in [-0.1, -0.05) is 72.5 Å². The molecule has 0 aromatic heterocycles. The third kappa shape index (κ3) is 5.11. The molecule has 4 aliphatic carbocycles. The summed E-state index contributed by atoms with van der Waals surface area (Å²) in [7, 11) is 0. The van der Waals surface area contributed by atoms with Crippen molar-refractivity contribution < 1.29 is 9.53 Å². The first-order valence-electron chi connectivity index (χ1n) is 15.0. The van der Waals surface area contributed by atoms with Gasteiger partial charge >= 0.3 is 0 Å². The van der Waals surface area contributed by atoms with Crippen LogP contribution in [0, 0.1) is 45.8 Å². The van der Waals surface area contributed by atoms with Gasteiger partial charge in [-0.3, -0.25) is 0 Å². The van der Waals surface area contributed by atoms with Crippen LogP contribution in [0.15, 0.2) is 16.6 Å². The maximum Gasteiger partial charge on any atom is 0.234 e. The van der Waals surface area contributed by atoms with Crippen LogP contribution < -0.4 is 0 Å². The average Bonchev–Trinajstić information content (AvgIpc) is 3.17. The van der Waals surface area contributed by atoms with E-state index in [2.05, 4.69) is 52.6 Å². The van der Waals surface area contributed by atoms with E-state index in [9.17, 15) is 4.79 Å². The molecule has 3 saturated carbocycles. The Hall–Kier alpha value is -0.920. The number of hydrogen-bond acceptors (Lipinski definition) is 3. The van der Waals surface area contributed by atoms with Crippen molar-refractivity contribution in [3.63, 3.8) is 0 Å². The Balaban J connectivity index is 1.44. The Kier molecular flexibility index (Phi) is 8.39. The summed E-state index contributed by atoms with van der Waals surface area (Å²) in [6, 6.07) is 0. The van der Waals surface area contributed by atoms with Crippen LogP contribution in [-0.2, 0) is 9.53 Å². The minimum atomic E-state index is 0.343. The van der Waals surface area contributed by atoms with Crippen molar-refractivity contribution in [1.29, 1.82) is 0 Å². The highest BCUT2D eigenvalue weighted by molar-refractivity contribution is 5.32. The predicted octanol–water partition coefficient (Wildman–Crippen LogP) is 8.53. The van der Waals surface area contributed by atoms with E-state index in [1.165, 1.54) is 64.2 Å². The molecule has 0 N–H and O–H groups in total. The summed E-state index contributed by atoms with van der Waals surface area (Å²) in [6.07, 6.45) is 20.3. The molecule has 0 spiro atoms. The SMILES string of the molecule is CC(C)CCC[C@@H](C)C1CC[C@H]2[C@]3(C)CC=C4C[C@@H](OCCCN=C=O)CC[C@]4(C)[C@H]3CC[C@]12C. The highest BCUT2D eigenvalue weighted by atomic mass is 16.5. The number of rotatable bonds is 10. The fourth-order valence-electron chi connectivity index (χ4n) is 9.89. The largest absolute Gasteiger partial charge is 0.378 e. The number of carbonyl (C=O) groups excluding carboxylic acids is 1. The molecule has 3 heteroatoms. The fraction of sp³-hybridized carbons (Fsp3) is 0.906. The Bertz CT molecular complexity index is 812. The van der Waals surface area contributed by atoms with E-state index in [1.54, 1.807) is 11.7 Å². The number of allylic oxidation sites excluding steroid dienone is 1. The molecule has 4 rings (SSSR count). The van der Waals surface area contributed by atoms with Crippen molar-refractivity contribution in [1.82, 2.24) is 0 Å². The van der Waals surface area contributed by atoms with E-state index in [0.29, 0.717) is 35.5 Å². The van der Waals surface area contributed by atoms with Crippen LogP contribution in [0.1, 0.15) is 119 Å². The lowest BCUT2D eigenvalue weighted by Gasteiger charge is -2.63. The van der Waals surface area contributed by atoms with Crippen molar-refractivity contribution in [3.8, 4) is 0 Å². The van der Waals surface area contributed by atoms with E-state index in [-0.39, 0.29) is 0 Å². The third-order valence-corrected chi connectivity index (χ3v) is 11.7. The Labute approximate surface area is 216 Å². The van der Waals surface area contributed by atoms with Crippen molar-refractivity contribution in [2.24, 2.45) is 50.8 Å². The molecule has 8 atom stereocenters.